The van der Waals surface area contributed by atoms with Crippen LogP contribution in [0.3, 0.4) is 0 Å². The van der Waals surface area contributed by atoms with Gasteiger partial charge in [-0.15, -0.1) is 0 Å². The van der Waals surface area contributed by atoms with Gasteiger partial charge in [0.2, 0.25) is 0 Å². The average Bonchev–Trinajstić information content (AvgIpc) is 2.34. The highest BCUT2D eigenvalue weighted by molar-refractivity contribution is 5.77. The minimum atomic E-state index is 0.0632. The van der Waals surface area contributed by atoms with Gasteiger partial charge in [-0.3, -0.25) is 0 Å². The highest BCUT2D eigenvalue weighted by Crippen LogP contribution is 2.10. The van der Waals surface area contributed by atoms with Crippen LogP contribution >= 0.6 is 0 Å². The van der Waals surface area contributed by atoms with Crippen molar-refractivity contribution in [3.8, 4) is 0 Å². The first-order valence-electron chi connectivity index (χ1n) is 3.50. The van der Waals surface area contributed by atoms with Gasteiger partial charge in [0.05, 0.1) is 19.3 Å². The molecule has 1 atom stereocenters. The molecule has 0 radical (unpaired) electrons. The van der Waals surface area contributed by atoms with Crippen molar-refractivity contribution >= 4 is 6.03 Å². The van der Waals surface area contributed by atoms with Crippen molar-refractivity contribution in [2.45, 2.75) is 6.04 Å². The number of rotatable bonds is 0. The van der Waals surface area contributed by atoms with Gasteiger partial charge < -0.3 is 15.0 Å². The van der Waals surface area contributed by atoms with E-state index >= 15 is 0 Å². The summed E-state index contributed by atoms with van der Waals surface area (Å²) in [6, 6.07) is 0.356. The Hall–Kier alpha value is -0.770. The summed E-state index contributed by atoms with van der Waals surface area (Å²) in [6.45, 7) is 2.87. The minimum absolute atomic E-state index is 0.0632. The predicted octanol–water partition coefficient (Wildman–Crippen LogP) is -0.590. The van der Waals surface area contributed by atoms with Gasteiger partial charge >= 0.3 is 6.03 Å². The van der Waals surface area contributed by atoms with Crippen LogP contribution in [0.4, 0.5) is 4.79 Å². The molecule has 2 aliphatic heterocycles. The van der Waals surface area contributed by atoms with Gasteiger partial charge in [-0.2, -0.15) is 0 Å². The molecule has 0 aromatic heterocycles. The van der Waals surface area contributed by atoms with Gasteiger partial charge in [0.1, 0.15) is 0 Å². The van der Waals surface area contributed by atoms with Crippen molar-refractivity contribution in [2.75, 3.05) is 26.3 Å². The summed E-state index contributed by atoms with van der Waals surface area (Å²) in [5, 5.41) is 2.77. The maximum absolute atomic E-state index is 11.0. The molecule has 2 fully saturated rings. The zero-order valence-electron chi connectivity index (χ0n) is 5.67. The van der Waals surface area contributed by atoms with Crippen molar-refractivity contribution in [1.82, 2.24) is 10.2 Å². The number of hydrogen-bond acceptors (Lipinski definition) is 2. The van der Waals surface area contributed by atoms with Gasteiger partial charge in [-0.25, -0.2) is 4.79 Å². The maximum Gasteiger partial charge on any atom is 0.317 e. The second-order valence-electron chi connectivity index (χ2n) is 2.61. The quantitative estimate of drug-likeness (QED) is 0.491. The predicted molar refractivity (Wildman–Crippen MR) is 34.7 cm³/mol. The van der Waals surface area contributed by atoms with Crippen LogP contribution in [-0.2, 0) is 4.74 Å². The Morgan fingerprint density at radius 1 is 1.70 bits per heavy atom. The van der Waals surface area contributed by atoms with E-state index in [1.165, 1.54) is 0 Å². The van der Waals surface area contributed by atoms with Crippen LogP contribution in [0.25, 0.3) is 0 Å². The van der Waals surface area contributed by atoms with Crippen LogP contribution in [0.5, 0.6) is 0 Å². The Balaban J connectivity index is 2.08. The molecule has 2 amide bonds. The normalized spacial score (nSPS) is 31.8. The van der Waals surface area contributed by atoms with Crippen molar-refractivity contribution in [1.29, 1.82) is 0 Å². The highest BCUT2D eigenvalue weighted by Gasteiger charge is 2.32. The fourth-order valence-electron chi connectivity index (χ4n) is 1.40. The Morgan fingerprint density at radius 3 is 3.40 bits per heavy atom. The SMILES string of the molecule is O=C1NC[C@H]2COCCN12. The third-order valence-electron chi connectivity index (χ3n) is 1.98. The lowest BCUT2D eigenvalue weighted by atomic mass is 10.3. The van der Waals surface area contributed by atoms with Gasteiger partial charge in [0.25, 0.3) is 0 Å². The number of nitrogens with zero attached hydrogens (tertiary/aromatic N) is 1. The van der Waals surface area contributed by atoms with E-state index in [9.17, 15) is 4.79 Å². The molecule has 0 aliphatic carbocycles. The molecule has 10 heavy (non-hydrogen) atoms. The zero-order chi connectivity index (χ0) is 6.97. The number of amides is 2. The molecule has 1 N–H and O–H groups in total. The van der Waals surface area contributed by atoms with Gasteiger partial charge in [0.15, 0.2) is 0 Å². The molecule has 0 aromatic carbocycles. The second kappa shape index (κ2) is 2.12. The summed E-state index contributed by atoms with van der Waals surface area (Å²) in [7, 11) is 0. The summed E-state index contributed by atoms with van der Waals surface area (Å²) in [6.07, 6.45) is 0. The molecule has 0 aromatic rings. The number of carbonyl (C=O) groups excluding carboxylic acids is 1. The number of urea groups is 1. The lowest BCUT2D eigenvalue weighted by molar-refractivity contribution is 0.0300. The van der Waals surface area contributed by atoms with Gasteiger partial charge in [-0.05, 0) is 0 Å². The number of hydrogen-bond donors (Lipinski definition) is 1. The molecule has 4 heteroatoms. The van der Waals surface area contributed by atoms with Crippen LogP contribution < -0.4 is 5.32 Å². The summed E-state index contributed by atoms with van der Waals surface area (Å²) in [5.74, 6) is 0. The lowest BCUT2D eigenvalue weighted by Gasteiger charge is -2.27. The van der Waals surface area contributed by atoms with E-state index in [2.05, 4.69) is 5.32 Å². The van der Waals surface area contributed by atoms with Crippen molar-refractivity contribution in [3.63, 3.8) is 0 Å². The van der Waals surface area contributed by atoms with Crippen LogP contribution in [-0.4, -0.2) is 43.3 Å². The van der Waals surface area contributed by atoms with E-state index in [4.69, 9.17) is 4.74 Å². The van der Waals surface area contributed by atoms with Gasteiger partial charge in [-0.1, -0.05) is 0 Å². The fourth-order valence-corrected chi connectivity index (χ4v) is 1.40. The van der Waals surface area contributed by atoms with Crippen LogP contribution in [0.15, 0.2) is 0 Å². The van der Waals surface area contributed by atoms with E-state index < -0.39 is 0 Å². The summed E-state index contributed by atoms with van der Waals surface area (Å²) in [5.41, 5.74) is 0. The van der Waals surface area contributed by atoms with Crippen molar-refractivity contribution in [3.05, 3.63) is 0 Å². The topological polar surface area (TPSA) is 41.6 Å². The lowest BCUT2D eigenvalue weighted by Crippen LogP contribution is -2.43. The molecule has 2 aliphatic rings. The summed E-state index contributed by atoms with van der Waals surface area (Å²) in [4.78, 5) is 12.8. The number of fused-ring (bicyclic) bond motifs is 1. The minimum Gasteiger partial charge on any atom is -0.377 e. The van der Waals surface area contributed by atoms with E-state index in [-0.39, 0.29) is 6.03 Å². The summed E-state index contributed by atoms with van der Waals surface area (Å²) >= 11 is 0. The summed E-state index contributed by atoms with van der Waals surface area (Å²) < 4.78 is 5.20. The average molecular weight is 142 g/mol. The number of ether oxygens (including phenoxy) is 1. The smallest absolute Gasteiger partial charge is 0.317 e. The molecule has 4 nitrogen and oxygen atoms in total. The van der Waals surface area contributed by atoms with Crippen LogP contribution in [0.1, 0.15) is 0 Å². The van der Waals surface area contributed by atoms with Crippen LogP contribution in [0.2, 0.25) is 0 Å². The first-order chi connectivity index (χ1) is 4.88. The van der Waals surface area contributed by atoms with E-state index in [0.717, 1.165) is 13.1 Å². The molecular formula is C6H10N2O2. The molecule has 0 bridgehead atoms. The van der Waals surface area contributed by atoms with E-state index in [0.29, 0.717) is 19.3 Å². The van der Waals surface area contributed by atoms with E-state index in [1.54, 1.807) is 0 Å². The van der Waals surface area contributed by atoms with Gasteiger partial charge in [0, 0.05) is 13.1 Å². The molecular weight excluding hydrogens is 132 g/mol. The Morgan fingerprint density at radius 2 is 2.60 bits per heavy atom. The van der Waals surface area contributed by atoms with Crippen molar-refractivity contribution < 1.29 is 9.53 Å². The first-order valence-corrected chi connectivity index (χ1v) is 3.50. The monoisotopic (exact) mass is 142 g/mol. The standard InChI is InChI=1S/C6H10N2O2/c9-6-7-3-5-4-10-2-1-8(5)6/h5H,1-4H2,(H,7,9)/t5-/m0/s1. The Labute approximate surface area is 59.1 Å². The molecule has 56 valence electrons. The van der Waals surface area contributed by atoms with Crippen molar-refractivity contribution in [2.24, 2.45) is 0 Å². The fraction of sp³-hybridized carbons (Fsp3) is 0.833. The highest BCUT2D eigenvalue weighted by atomic mass is 16.5. The number of carbonyl (C=O) groups is 1. The molecule has 0 spiro atoms. The third-order valence-corrected chi connectivity index (χ3v) is 1.98. The third kappa shape index (κ3) is 0.759. The molecule has 0 unspecified atom stereocenters. The number of nitrogens with one attached hydrogen (secondary N) is 1. The zero-order valence-corrected chi connectivity index (χ0v) is 5.67. The molecule has 2 heterocycles. The second-order valence-corrected chi connectivity index (χ2v) is 2.61. The Kier molecular flexibility index (Phi) is 1.27. The molecule has 2 rings (SSSR count). The first kappa shape index (κ1) is 5.97. The maximum atomic E-state index is 11.0. The Bertz CT molecular complexity index is 160. The van der Waals surface area contributed by atoms with E-state index in [1.807, 2.05) is 4.90 Å². The largest absolute Gasteiger partial charge is 0.377 e. The number of morpholine rings is 1. The molecule has 2 saturated heterocycles. The van der Waals surface area contributed by atoms with Crippen LogP contribution in [0, 0.1) is 0 Å². The molecule has 0 saturated carbocycles.